The van der Waals surface area contributed by atoms with Crippen LogP contribution < -0.4 is 5.73 Å². The fourth-order valence-electron chi connectivity index (χ4n) is 1.24. The summed E-state index contributed by atoms with van der Waals surface area (Å²) in [6.07, 6.45) is 1.99. The van der Waals surface area contributed by atoms with Crippen LogP contribution in [0.3, 0.4) is 0 Å². The smallest absolute Gasteiger partial charge is 0.0934 e. The molecule has 0 amide bonds. The lowest BCUT2D eigenvalue weighted by molar-refractivity contribution is 0.410. The molecular formula is C11H20N2S. The quantitative estimate of drug-likeness (QED) is 0.836. The van der Waals surface area contributed by atoms with Gasteiger partial charge in [-0.05, 0) is 11.8 Å². The molecule has 0 aliphatic heterocycles. The molecule has 0 aliphatic carbocycles. The molecule has 0 aromatic carbocycles. The van der Waals surface area contributed by atoms with Crippen LogP contribution in [0, 0.1) is 5.41 Å². The highest BCUT2D eigenvalue weighted by atomic mass is 32.1. The number of thiazole rings is 1. The summed E-state index contributed by atoms with van der Waals surface area (Å²) < 4.78 is 0. The van der Waals surface area contributed by atoms with Crippen LogP contribution in [-0.2, 0) is 6.42 Å². The van der Waals surface area contributed by atoms with E-state index in [1.165, 1.54) is 5.01 Å². The van der Waals surface area contributed by atoms with E-state index >= 15 is 0 Å². The highest BCUT2D eigenvalue weighted by Gasteiger charge is 2.15. The van der Waals surface area contributed by atoms with E-state index in [-0.39, 0.29) is 6.04 Å². The van der Waals surface area contributed by atoms with E-state index in [4.69, 9.17) is 5.73 Å². The molecule has 0 saturated carbocycles. The molecule has 1 unspecified atom stereocenters. The van der Waals surface area contributed by atoms with Gasteiger partial charge in [-0.2, -0.15) is 0 Å². The van der Waals surface area contributed by atoms with E-state index in [9.17, 15) is 0 Å². The van der Waals surface area contributed by atoms with Crippen LogP contribution in [0.25, 0.3) is 0 Å². The summed E-state index contributed by atoms with van der Waals surface area (Å²) in [4.78, 5) is 4.56. The minimum atomic E-state index is 0.111. The highest BCUT2D eigenvalue weighted by molar-refractivity contribution is 7.09. The standard InChI is InChI=1S/C11H20N2S/c1-5-8(12)9-7-14-10(13-9)6-11(2,3)4/h7-8H,5-6,12H2,1-4H3. The average molecular weight is 212 g/mol. The van der Waals surface area contributed by atoms with Crippen molar-refractivity contribution >= 4 is 11.3 Å². The maximum absolute atomic E-state index is 5.92. The minimum absolute atomic E-state index is 0.111. The molecule has 0 fully saturated rings. The zero-order valence-electron chi connectivity index (χ0n) is 9.50. The molecule has 2 nitrogen and oxygen atoms in total. The third-order valence-corrected chi connectivity index (χ3v) is 2.94. The van der Waals surface area contributed by atoms with Gasteiger partial charge in [0.25, 0.3) is 0 Å². The van der Waals surface area contributed by atoms with Gasteiger partial charge in [0.1, 0.15) is 0 Å². The lowest BCUT2D eigenvalue weighted by atomic mass is 9.93. The Morgan fingerprint density at radius 1 is 1.50 bits per heavy atom. The van der Waals surface area contributed by atoms with Crippen LogP contribution in [0.1, 0.15) is 50.9 Å². The fourth-order valence-corrected chi connectivity index (χ4v) is 2.40. The average Bonchev–Trinajstić information content (AvgIpc) is 2.48. The Bertz CT molecular complexity index is 286. The number of nitrogens with zero attached hydrogens (tertiary/aromatic N) is 1. The third kappa shape index (κ3) is 3.39. The van der Waals surface area contributed by atoms with Crippen molar-refractivity contribution in [2.24, 2.45) is 11.1 Å². The minimum Gasteiger partial charge on any atom is -0.323 e. The zero-order chi connectivity index (χ0) is 10.8. The first-order valence-electron chi connectivity index (χ1n) is 5.12. The molecule has 1 rings (SSSR count). The van der Waals surface area contributed by atoms with Crippen molar-refractivity contribution in [3.63, 3.8) is 0 Å². The maximum atomic E-state index is 5.92. The fraction of sp³-hybridized carbons (Fsp3) is 0.727. The molecule has 0 spiro atoms. The van der Waals surface area contributed by atoms with Gasteiger partial charge in [-0.3, -0.25) is 0 Å². The van der Waals surface area contributed by atoms with Gasteiger partial charge in [-0.25, -0.2) is 4.98 Å². The lowest BCUT2D eigenvalue weighted by Crippen LogP contribution is -2.11. The molecule has 1 atom stereocenters. The number of rotatable bonds is 3. The van der Waals surface area contributed by atoms with Gasteiger partial charge < -0.3 is 5.73 Å². The van der Waals surface area contributed by atoms with Crippen LogP contribution in [0.2, 0.25) is 0 Å². The summed E-state index contributed by atoms with van der Waals surface area (Å²) in [5.41, 5.74) is 7.28. The number of nitrogens with two attached hydrogens (primary N) is 1. The Labute approximate surface area is 90.6 Å². The van der Waals surface area contributed by atoms with Gasteiger partial charge in [0.05, 0.1) is 10.7 Å². The van der Waals surface area contributed by atoms with Crippen LogP contribution in [0.5, 0.6) is 0 Å². The van der Waals surface area contributed by atoms with E-state index < -0.39 is 0 Å². The monoisotopic (exact) mass is 212 g/mol. The van der Waals surface area contributed by atoms with Crippen molar-refractivity contribution in [3.05, 3.63) is 16.1 Å². The van der Waals surface area contributed by atoms with Crippen molar-refractivity contribution < 1.29 is 0 Å². The van der Waals surface area contributed by atoms with Crippen molar-refractivity contribution in [2.75, 3.05) is 0 Å². The van der Waals surface area contributed by atoms with E-state index in [2.05, 4.69) is 38.1 Å². The molecule has 0 aliphatic rings. The van der Waals surface area contributed by atoms with Crippen LogP contribution in [0.4, 0.5) is 0 Å². The topological polar surface area (TPSA) is 38.9 Å². The van der Waals surface area contributed by atoms with Gasteiger partial charge in [0.15, 0.2) is 0 Å². The summed E-state index contributed by atoms with van der Waals surface area (Å²) in [5.74, 6) is 0. The molecule has 1 heterocycles. The second-order valence-corrected chi connectivity index (χ2v) is 5.86. The Morgan fingerprint density at radius 3 is 2.64 bits per heavy atom. The van der Waals surface area contributed by atoms with Crippen LogP contribution in [0.15, 0.2) is 5.38 Å². The zero-order valence-corrected chi connectivity index (χ0v) is 10.3. The van der Waals surface area contributed by atoms with Crippen molar-refractivity contribution in [3.8, 4) is 0 Å². The highest BCUT2D eigenvalue weighted by Crippen LogP contribution is 2.24. The summed E-state index contributed by atoms with van der Waals surface area (Å²) in [7, 11) is 0. The Balaban J connectivity index is 2.69. The Kier molecular flexibility index (Phi) is 3.67. The summed E-state index contributed by atoms with van der Waals surface area (Å²) in [5, 5.41) is 3.30. The molecule has 0 saturated heterocycles. The number of hydrogen-bond donors (Lipinski definition) is 1. The maximum Gasteiger partial charge on any atom is 0.0934 e. The normalized spacial score (nSPS) is 14.4. The predicted molar refractivity (Wildman–Crippen MR) is 62.5 cm³/mol. The molecule has 80 valence electrons. The molecule has 1 aromatic heterocycles. The SMILES string of the molecule is CCC(N)c1csc(CC(C)(C)C)n1. The molecule has 2 N–H and O–H groups in total. The van der Waals surface area contributed by atoms with E-state index in [1.54, 1.807) is 11.3 Å². The van der Waals surface area contributed by atoms with Gasteiger partial charge >= 0.3 is 0 Å². The first-order valence-corrected chi connectivity index (χ1v) is 6.00. The molecule has 0 bridgehead atoms. The molecule has 3 heteroatoms. The molecule has 0 radical (unpaired) electrons. The summed E-state index contributed by atoms with van der Waals surface area (Å²) in [6, 6.07) is 0.111. The molecule has 1 aromatic rings. The first-order chi connectivity index (χ1) is 6.42. The van der Waals surface area contributed by atoms with Crippen molar-refractivity contribution in [2.45, 2.75) is 46.6 Å². The van der Waals surface area contributed by atoms with Gasteiger partial charge in [-0.15, -0.1) is 11.3 Å². The van der Waals surface area contributed by atoms with Crippen LogP contribution in [-0.4, -0.2) is 4.98 Å². The lowest BCUT2D eigenvalue weighted by Gasteiger charge is -2.15. The summed E-state index contributed by atoms with van der Waals surface area (Å²) in [6.45, 7) is 8.78. The molecule has 14 heavy (non-hydrogen) atoms. The first kappa shape index (κ1) is 11.7. The number of hydrogen-bond acceptors (Lipinski definition) is 3. The second kappa shape index (κ2) is 4.41. The Hall–Kier alpha value is -0.410. The Morgan fingerprint density at radius 2 is 2.14 bits per heavy atom. The predicted octanol–water partition coefficient (Wildman–Crippen LogP) is 3.14. The largest absolute Gasteiger partial charge is 0.323 e. The van der Waals surface area contributed by atoms with Crippen LogP contribution >= 0.6 is 11.3 Å². The van der Waals surface area contributed by atoms with E-state index in [0.717, 1.165) is 18.5 Å². The van der Waals surface area contributed by atoms with E-state index in [1.807, 2.05) is 0 Å². The van der Waals surface area contributed by atoms with Crippen molar-refractivity contribution in [1.82, 2.24) is 4.98 Å². The van der Waals surface area contributed by atoms with E-state index in [0.29, 0.717) is 5.41 Å². The van der Waals surface area contributed by atoms with Gasteiger partial charge in [-0.1, -0.05) is 27.7 Å². The second-order valence-electron chi connectivity index (χ2n) is 4.92. The summed E-state index contributed by atoms with van der Waals surface area (Å²) >= 11 is 1.73. The van der Waals surface area contributed by atoms with Gasteiger partial charge in [0.2, 0.25) is 0 Å². The molecular weight excluding hydrogens is 192 g/mol. The number of aromatic nitrogens is 1. The van der Waals surface area contributed by atoms with Crippen molar-refractivity contribution in [1.29, 1.82) is 0 Å². The third-order valence-electron chi connectivity index (χ3n) is 2.07. The van der Waals surface area contributed by atoms with Gasteiger partial charge in [0, 0.05) is 17.8 Å².